The number of hydrogen-bond donors (Lipinski definition) is 2. The Hall–Kier alpha value is -1.87. The molecule has 0 radical (unpaired) electrons. The third-order valence-electron chi connectivity index (χ3n) is 3.47. The zero-order valence-corrected chi connectivity index (χ0v) is 14.8. The van der Waals surface area contributed by atoms with Crippen molar-refractivity contribution in [2.24, 2.45) is 0 Å². The molecule has 0 saturated carbocycles. The average Bonchev–Trinajstić information content (AvgIpc) is 3.13. The van der Waals surface area contributed by atoms with Crippen molar-refractivity contribution in [3.8, 4) is 0 Å². The standard InChI is InChI=1S/C14H15BrN4O3S/c1-22-12(20)8-6-9(15)11-10(7-8)23-13(18-11)16-2-4-19-5-3-17-14(19)21/h6-7H,2-5H2,1H3,(H,16,18)(H,17,21). The normalized spacial score (nSPS) is 14.2. The summed E-state index contributed by atoms with van der Waals surface area (Å²) in [6, 6.07) is 3.44. The van der Waals surface area contributed by atoms with Gasteiger partial charge in [-0.1, -0.05) is 11.3 Å². The predicted molar refractivity (Wildman–Crippen MR) is 92.1 cm³/mol. The number of aromatic nitrogens is 1. The number of carbonyl (C=O) groups excluding carboxylic acids is 2. The smallest absolute Gasteiger partial charge is 0.337 e. The number of rotatable bonds is 5. The minimum Gasteiger partial charge on any atom is -0.465 e. The number of methoxy groups -OCH3 is 1. The Morgan fingerprint density at radius 2 is 2.39 bits per heavy atom. The zero-order chi connectivity index (χ0) is 16.4. The first-order valence-corrected chi connectivity index (χ1v) is 8.64. The van der Waals surface area contributed by atoms with E-state index in [1.165, 1.54) is 18.4 Å². The van der Waals surface area contributed by atoms with Gasteiger partial charge in [0.2, 0.25) is 0 Å². The number of ether oxygens (including phenoxy) is 1. The number of hydrogen-bond acceptors (Lipinski definition) is 6. The molecule has 0 aliphatic carbocycles. The van der Waals surface area contributed by atoms with Crippen LogP contribution in [0.3, 0.4) is 0 Å². The van der Waals surface area contributed by atoms with Crippen LogP contribution >= 0.6 is 27.3 Å². The highest BCUT2D eigenvalue weighted by Gasteiger charge is 2.18. The Kier molecular flexibility index (Phi) is 4.67. The fourth-order valence-electron chi connectivity index (χ4n) is 2.32. The quantitative estimate of drug-likeness (QED) is 0.754. The average molecular weight is 399 g/mol. The zero-order valence-electron chi connectivity index (χ0n) is 12.4. The first-order valence-electron chi connectivity index (χ1n) is 7.03. The van der Waals surface area contributed by atoms with Crippen LogP contribution in [0.15, 0.2) is 16.6 Å². The number of esters is 1. The van der Waals surface area contributed by atoms with Crippen LogP contribution in [0.5, 0.6) is 0 Å². The van der Waals surface area contributed by atoms with Gasteiger partial charge in [0.15, 0.2) is 5.13 Å². The summed E-state index contributed by atoms with van der Waals surface area (Å²) in [5.74, 6) is -0.379. The molecule has 1 aromatic heterocycles. The van der Waals surface area contributed by atoms with Crippen LogP contribution in [-0.4, -0.2) is 55.2 Å². The van der Waals surface area contributed by atoms with Gasteiger partial charge in [-0.25, -0.2) is 14.6 Å². The van der Waals surface area contributed by atoms with Gasteiger partial charge in [0.05, 0.1) is 22.9 Å². The van der Waals surface area contributed by atoms with E-state index in [4.69, 9.17) is 4.74 Å². The van der Waals surface area contributed by atoms with Crippen molar-refractivity contribution in [2.75, 3.05) is 38.6 Å². The van der Waals surface area contributed by atoms with E-state index in [0.717, 1.165) is 26.4 Å². The van der Waals surface area contributed by atoms with E-state index in [0.29, 0.717) is 25.2 Å². The van der Waals surface area contributed by atoms with Gasteiger partial charge >= 0.3 is 12.0 Å². The van der Waals surface area contributed by atoms with Gasteiger partial charge in [-0.15, -0.1) is 0 Å². The third kappa shape index (κ3) is 3.40. The van der Waals surface area contributed by atoms with E-state index < -0.39 is 0 Å². The number of nitrogens with one attached hydrogen (secondary N) is 2. The fourth-order valence-corrected chi connectivity index (χ4v) is 3.96. The Morgan fingerprint density at radius 3 is 3.09 bits per heavy atom. The van der Waals surface area contributed by atoms with Crippen LogP contribution in [0.2, 0.25) is 0 Å². The summed E-state index contributed by atoms with van der Waals surface area (Å²) in [5.41, 5.74) is 1.28. The van der Waals surface area contributed by atoms with Crippen LogP contribution in [-0.2, 0) is 4.74 Å². The van der Waals surface area contributed by atoms with Gasteiger partial charge in [0.1, 0.15) is 0 Å². The van der Waals surface area contributed by atoms with Crippen LogP contribution in [0, 0.1) is 0 Å². The second kappa shape index (κ2) is 6.71. The highest BCUT2D eigenvalue weighted by molar-refractivity contribution is 9.10. The van der Waals surface area contributed by atoms with Gasteiger partial charge in [-0.2, -0.15) is 0 Å². The number of urea groups is 1. The Balaban J connectivity index is 1.71. The van der Waals surface area contributed by atoms with Crippen molar-refractivity contribution in [3.63, 3.8) is 0 Å². The summed E-state index contributed by atoms with van der Waals surface area (Å²) < 4.78 is 6.38. The topological polar surface area (TPSA) is 83.6 Å². The Morgan fingerprint density at radius 1 is 1.57 bits per heavy atom. The molecule has 3 rings (SSSR count). The third-order valence-corrected chi connectivity index (χ3v) is 5.04. The number of benzene rings is 1. The second-order valence-electron chi connectivity index (χ2n) is 4.96. The van der Waals surface area contributed by atoms with Crippen LogP contribution in [0.25, 0.3) is 10.2 Å². The maximum atomic E-state index is 11.6. The van der Waals surface area contributed by atoms with E-state index in [1.807, 2.05) is 0 Å². The summed E-state index contributed by atoms with van der Waals surface area (Å²) in [4.78, 5) is 29.4. The monoisotopic (exact) mass is 398 g/mol. The summed E-state index contributed by atoms with van der Waals surface area (Å²) in [7, 11) is 1.36. The van der Waals surface area contributed by atoms with Crippen molar-refractivity contribution in [3.05, 3.63) is 22.2 Å². The Labute approximate surface area is 145 Å². The SMILES string of the molecule is COC(=O)c1cc(Br)c2nc(NCCN3CCNC3=O)sc2c1. The van der Waals surface area contributed by atoms with E-state index >= 15 is 0 Å². The largest absolute Gasteiger partial charge is 0.465 e. The summed E-state index contributed by atoms with van der Waals surface area (Å²) in [6.45, 7) is 2.67. The molecule has 1 aliphatic heterocycles. The molecule has 0 atom stereocenters. The number of nitrogens with zero attached hydrogens (tertiary/aromatic N) is 2. The van der Waals surface area contributed by atoms with E-state index in [9.17, 15) is 9.59 Å². The minimum atomic E-state index is -0.379. The van der Waals surface area contributed by atoms with Crippen molar-refractivity contribution in [1.82, 2.24) is 15.2 Å². The summed E-state index contributed by atoms with van der Waals surface area (Å²) in [5, 5.41) is 6.74. The highest BCUT2D eigenvalue weighted by atomic mass is 79.9. The predicted octanol–water partition coefficient (Wildman–Crippen LogP) is 2.28. The van der Waals surface area contributed by atoms with E-state index in [-0.39, 0.29) is 12.0 Å². The molecule has 1 saturated heterocycles. The maximum absolute atomic E-state index is 11.6. The molecule has 2 amide bonds. The van der Waals surface area contributed by atoms with Gasteiger partial charge in [0, 0.05) is 30.7 Å². The number of halogens is 1. The number of thiazole rings is 1. The first-order chi connectivity index (χ1) is 11.1. The molecule has 1 aromatic carbocycles. The molecule has 1 fully saturated rings. The maximum Gasteiger partial charge on any atom is 0.337 e. The number of carbonyl (C=O) groups is 2. The first kappa shape index (κ1) is 16.0. The van der Waals surface area contributed by atoms with Gasteiger partial charge in [-0.3, -0.25) is 0 Å². The van der Waals surface area contributed by atoms with Gasteiger partial charge in [-0.05, 0) is 28.1 Å². The van der Waals surface area contributed by atoms with Crippen molar-refractivity contribution < 1.29 is 14.3 Å². The number of fused-ring (bicyclic) bond motifs is 1. The van der Waals surface area contributed by atoms with Gasteiger partial charge < -0.3 is 20.3 Å². The molecule has 2 aromatic rings. The summed E-state index contributed by atoms with van der Waals surface area (Å²) in [6.07, 6.45) is 0. The molecule has 122 valence electrons. The molecule has 0 unspecified atom stereocenters. The van der Waals surface area contributed by atoms with Gasteiger partial charge in [0.25, 0.3) is 0 Å². The fraction of sp³-hybridized carbons (Fsp3) is 0.357. The number of amides is 2. The highest BCUT2D eigenvalue weighted by Crippen LogP contribution is 2.32. The number of anilines is 1. The molecule has 7 nitrogen and oxygen atoms in total. The Bertz CT molecular complexity index is 764. The molecule has 9 heteroatoms. The van der Waals surface area contributed by atoms with Crippen molar-refractivity contribution >= 4 is 54.6 Å². The molecule has 0 spiro atoms. The summed E-state index contributed by atoms with van der Waals surface area (Å²) >= 11 is 4.89. The minimum absolute atomic E-state index is 0.0263. The van der Waals surface area contributed by atoms with Crippen molar-refractivity contribution in [1.29, 1.82) is 0 Å². The molecule has 2 N–H and O–H groups in total. The lowest BCUT2D eigenvalue weighted by molar-refractivity contribution is 0.0601. The molecule has 0 bridgehead atoms. The van der Waals surface area contributed by atoms with Crippen LogP contribution in [0.1, 0.15) is 10.4 Å². The lowest BCUT2D eigenvalue weighted by atomic mass is 10.2. The molecule has 1 aliphatic rings. The lowest BCUT2D eigenvalue weighted by Crippen LogP contribution is -2.32. The van der Waals surface area contributed by atoms with Crippen LogP contribution < -0.4 is 10.6 Å². The van der Waals surface area contributed by atoms with Crippen molar-refractivity contribution in [2.45, 2.75) is 0 Å². The molecular formula is C14H15BrN4O3S. The molecule has 2 heterocycles. The van der Waals surface area contributed by atoms with E-state index in [1.54, 1.807) is 17.0 Å². The van der Waals surface area contributed by atoms with Crippen LogP contribution in [0.4, 0.5) is 9.93 Å². The molecular weight excluding hydrogens is 384 g/mol. The lowest BCUT2D eigenvalue weighted by Gasteiger charge is -2.13. The second-order valence-corrected chi connectivity index (χ2v) is 6.85. The van der Waals surface area contributed by atoms with E-state index in [2.05, 4.69) is 31.5 Å². The molecule has 23 heavy (non-hydrogen) atoms.